The van der Waals surface area contributed by atoms with Crippen molar-refractivity contribution in [1.29, 1.82) is 0 Å². The Morgan fingerprint density at radius 3 is 2.13 bits per heavy atom. The third kappa shape index (κ3) is 5.30. The summed E-state index contributed by atoms with van der Waals surface area (Å²) in [5.41, 5.74) is -0.0417. The van der Waals surface area contributed by atoms with E-state index in [0.717, 1.165) is 0 Å². The molecule has 0 aliphatic carbocycles. The standard InChI is InChI=1S/C7H5NO3.C3H6O/c9-5-6-3-1-2-4-7(6)8(10)11;1-3(2)4/h1-5H;1-2H3. The van der Waals surface area contributed by atoms with E-state index < -0.39 is 4.92 Å². The molecule has 1 rings (SSSR count). The Hall–Kier alpha value is -2.04. The van der Waals surface area contributed by atoms with Gasteiger partial charge in [0.05, 0.1) is 10.5 Å². The van der Waals surface area contributed by atoms with Crippen LogP contribution in [0.15, 0.2) is 24.3 Å². The molecule has 0 bridgehead atoms. The van der Waals surface area contributed by atoms with Crippen LogP contribution in [0.5, 0.6) is 0 Å². The predicted octanol–water partition coefficient (Wildman–Crippen LogP) is 2.00. The van der Waals surface area contributed by atoms with Crippen LogP contribution in [0.3, 0.4) is 0 Å². The molecule has 0 aliphatic heterocycles. The van der Waals surface area contributed by atoms with Crippen molar-refractivity contribution in [2.24, 2.45) is 0 Å². The van der Waals surface area contributed by atoms with E-state index in [1.54, 1.807) is 6.07 Å². The van der Waals surface area contributed by atoms with E-state index in [1.807, 2.05) is 0 Å². The van der Waals surface area contributed by atoms with E-state index in [4.69, 9.17) is 0 Å². The second kappa shape index (κ2) is 6.42. The highest BCUT2D eigenvalue weighted by Crippen LogP contribution is 2.14. The minimum absolute atomic E-state index is 0.109. The molecular weight excluding hydrogens is 198 g/mol. The second-order valence-corrected chi connectivity index (χ2v) is 2.84. The molecule has 1 aromatic rings. The zero-order valence-corrected chi connectivity index (χ0v) is 8.47. The molecule has 0 fully saturated rings. The van der Waals surface area contributed by atoms with Gasteiger partial charge >= 0.3 is 0 Å². The number of nitro groups is 1. The molecule has 5 nitrogen and oxygen atoms in total. The van der Waals surface area contributed by atoms with Crippen molar-refractivity contribution >= 4 is 17.8 Å². The molecule has 0 unspecified atom stereocenters. The van der Waals surface area contributed by atoms with Crippen LogP contribution in [0.2, 0.25) is 0 Å². The minimum Gasteiger partial charge on any atom is -0.300 e. The molecule has 0 spiro atoms. The summed E-state index contributed by atoms with van der Waals surface area (Å²) in [5.74, 6) is 0.167. The molecule has 80 valence electrons. The van der Waals surface area contributed by atoms with Crippen molar-refractivity contribution in [1.82, 2.24) is 0 Å². The van der Waals surface area contributed by atoms with Crippen LogP contribution in [-0.4, -0.2) is 17.0 Å². The molecular formula is C10H11NO4. The minimum atomic E-state index is -0.580. The number of ketones is 1. The first-order chi connectivity index (χ1) is 6.99. The molecule has 0 amide bonds. The average molecular weight is 209 g/mol. The Bertz CT molecular complexity index is 369. The first-order valence-corrected chi connectivity index (χ1v) is 4.14. The number of carbonyl (C=O) groups is 2. The third-order valence-corrected chi connectivity index (χ3v) is 1.26. The van der Waals surface area contributed by atoms with Gasteiger partial charge in [-0.1, -0.05) is 12.1 Å². The smallest absolute Gasteiger partial charge is 0.279 e. The molecule has 0 N–H and O–H groups in total. The molecule has 1 aromatic carbocycles. The van der Waals surface area contributed by atoms with Gasteiger partial charge < -0.3 is 4.79 Å². The number of nitro benzene ring substituents is 1. The number of carbonyl (C=O) groups excluding carboxylic acids is 2. The van der Waals surface area contributed by atoms with Gasteiger partial charge in [-0.25, -0.2) is 0 Å². The fraction of sp³-hybridized carbons (Fsp3) is 0.200. The van der Waals surface area contributed by atoms with Gasteiger partial charge in [0, 0.05) is 6.07 Å². The van der Waals surface area contributed by atoms with Crippen LogP contribution in [0.1, 0.15) is 24.2 Å². The maximum Gasteiger partial charge on any atom is 0.279 e. The first-order valence-electron chi connectivity index (χ1n) is 4.14. The van der Waals surface area contributed by atoms with E-state index in [2.05, 4.69) is 0 Å². The van der Waals surface area contributed by atoms with Crippen LogP contribution >= 0.6 is 0 Å². The highest BCUT2D eigenvalue weighted by atomic mass is 16.6. The van der Waals surface area contributed by atoms with Crippen molar-refractivity contribution in [2.45, 2.75) is 13.8 Å². The fourth-order valence-electron chi connectivity index (χ4n) is 0.753. The molecule has 0 atom stereocenters. The van der Waals surface area contributed by atoms with Gasteiger partial charge in [0.25, 0.3) is 5.69 Å². The lowest BCUT2D eigenvalue weighted by molar-refractivity contribution is -0.385. The molecule has 0 radical (unpaired) electrons. The Morgan fingerprint density at radius 1 is 1.33 bits per heavy atom. The monoisotopic (exact) mass is 209 g/mol. The molecule has 0 saturated carbocycles. The van der Waals surface area contributed by atoms with Crippen LogP contribution in [0.25, 0.3) is 0 Å². The number of Topliss-reactive ketones (excluding diaryl/α,β-unsaturated/α-hetero) is 1. The van der Waals surface area contributed by atoms with E-state index in [9.17, 15) is 19.7 Å². The van der Waals surface area contributed by atoms with Gasteiger partial charge in [0.2, 0.25) is 0 Å². The van der Waals surface area contributed by atoms with Gasteiger partial charge in [0.1, 0.15) is 5.78 Å². The van der Waals surface area contributed by atoms with E-state index >= 15 is 0 Å². The zero-order chi connectivity index (χ0) is 11.8. The number of aldehydes is 1. The van der Waals surface area contributed by atoms with E-state index in [0.29, 0.717) is 6.29 Å². The highest BCUT2D eigenvalue weighted by molar-refractivity contribution is 5.81. The number of benzene rings is 1. The summed E-state index contributed by atoms with van der Waals surface area (Å²) in [6.07, 6.45) is 0.470. The third-order valence-electron chi connectivity index (χ3n) is 1.26. The van der Waals surface area contributed by atoms with Crippen molar-refractivity contribution in [3.05, 3.63) is 39.9 Å². The quantitative estimate of drug-likeness (QED) is 0.424. The Kier molecular flexibility index (Phi) is 5.55. The number of nitrogens with zero attached hydrogens (tertiary/aromatic N) is 1. The van der Waals surface area contributed by atoms with Gasteiger partial charge in [-0.05, 0) is 19.9 Å². The maximum absolute atomic E-state index is 10.2. The number of rotatable bonds is 2. The molecule has 5 heteroatoms. The summed E-state index contributed by atoms with van der Waals surface area (Å²) >= 11 is 0. The number of hydrogen-bond acceptors (Lipinski definition) is 4. The molecule has 0 aliphatic rings. The number of hydrogen-bond donors (Lipinski definition) is 0. The van der Waals surface area contributed by atoms with Crippen LogP contribution in [-0.2, 0) is 4.79 Å². The predicted molar refractivity (Wildman–Crippen MR) is 54.8 cm³/mol. The van der Waals surface area contributed by atoms with Crippen LogP contribution in [0.4, 0.5) is 5.69 Å². The highest BCUT2D eigenvalue weighted by Gasteiger charge is 2.09. The summed E-state index contributed by atoms with van der Waals surface area (Å²) in [7, 11) is 0. The summed E-state index contributed by atoms with van der Waals surface area (Å²) < 4.78 is 0. The summed E-state index contributed by atoms with van der Waals surface area (Å²) in [6, 6.07) is 5.80. The fourth-order valence-corrected chi connectivity index (χ4v) is 0.753. The first kappa shape index (κ1) is 13.0. The largest absolute Gasteiger partial charge is 0.300 e. The molecule has 0 aromatic heterocycles. The maximum atomic E-state index is 10.2. The Morgan fingerprint density at radius 2 is 1.80 bits per heavy atom. The Labute approximate surface area is 86.9 Å². The Balaban J connectivity index is 0.000000423. The van der Waals surface area contributed by atoms with Crippen molar-refractivity contribution in [3.8, 4) is 0 Å². The van der Waals surface area contributed by atoms with Crippen LogP contribution < -0.4 is 0 Å². The normalized spacial score (nSPS) is 8.40. The summed E-state index contributed by atoms with van der Waals surface area (Å²) in [4.78, 5) is 29.3. The molecule has 0 heterocycles. The second-order valence-electron chi connectivity index (χ2n) is 2.84. The summed E-state index contributed by atoms with van der Waals surface area (Å²) in [5, 5.41) is 10.2. The van der Waals surface area contributed by atoms with E-state index in [-0.39, 0.29) is 17.0 Å². The number of para-hydroxylation sites is 1. The summed E-state index contributed by atoms with van der Waals surface area (Å²) in [6.45, 7) is 3.06. The van der Waals surface area contributed by atoms with Crippen molar-refractivity contribution in [3.63, 3.8) is 0 Å². The lowest BCUT2D eigenvalue weighted by atomic mass is 10.2. The zero-order valence-electron chi connectivity index (χ0n) is 8.47. The lowest BCUT2D eigenvalue weighted by Gasteiger charge is -1.91. The lowest BCUT2D eigenvalue weighted by Crippen LogP contribution is -1.92. The van der Waals surface area contributed by atoms with Crippen LogP contribution in [0, 0.1) is 10.1 Å². The van der Waals surface area contributed by atoms with E-state index in [1.165, 1.54) is 32.0 Å². The molecule has 0 saturated heterocycles. The van der Waals surface area contributed by atoms with Crippen molar-refractivity contribution < 1.29 is 14.5 Å². The van der Waals surface area contributed by atoms with Gasteiger partial charge in [-0.3, -0.25) is 14.9 Å². The average Bonchev–Trinajstić information content (AvgIpc) is 2.16. The van der Waals surface area contributed by atoms with Gasteiger partial charge in [-0.15, -0.1) is 0 Å². The SMILES string of the molecule is CC(C)=O.O=Cc1ccccc1[N+](=O)[O-]. The topological polar surface area (TPSA) is 77.3 Å². The molecule has 15 heavy (non-hydrogen) atoms. The van der Waals surface area contributed by atoms with Gasteiger partial charge in [-0.2, -0.15) is 0 Å². The van der Waals surface area contributed by atoms with Crippen molar-refractivity contribution in [2.75, 3.05) is 0 Å². The van der Waals surface area contributed by atoms with Gasteiger partial charge in [0.15, 0.2) is 6.29 Å².